The van der Waals surface area contributed by atoms with Gasteiger partial charge in [-0.05, 0) is 35.9 Å². The van der Waals surface area contributed by atoms with Gasteiger partial charge in [0.2, 0.25) is 10.0 Å². The summed E-state index contributed by atoms with van der Waals surface area (Å²) in [6.07, 6.45) is 1.69. The number of nitrogens with zero attached hydrogens (tertiary/aromatic N) is 1. The number of hydrogen-bond acceptors (Lipinski definition) is 4. The topological polar surface area (TPSA) is 83.9 Å². The molecule has 0 spiro atoms. The molecule has 1 N–H and O–H groups in total. The molecule has 0 unspecified atom stereocenters. The van der Waals surface area contributed by atoms with Crippen molar-refractivity contribution in [1.82, 2.24) is 4.31 Å². The molecular formula is C18H16FNO5S. The maximum Gasteiger partial charge on any atom is 0.341 e. The van der Waals surface area contributed by atoms with E-state index in [0.717, 1.165) is 0 Å². The summed E-state index contributed by atoms with van der Waals surface area (Å²) in [6, 6.07) is 11.7. The summed E-state index contributed by atoms with van der Waals surface area (Å²) in [5.41, 5.74) is 1.01. The SMILES string of the molecule is O=C(O)COc1ccc(S(=O)(=O)N2CC=C(c3ccccc3F)C2)cc1. The Hall–Kier alpha value is -2.71. The number of hydrogen-bond donors (Lipinski definition) is 1. The predicted molar refractivity (Wildman–Crippen MR) is 92.7 cm³/mol. The average molecular weight is 377 g/mol. The summed E-state index contributed by atoms with van der Waals surface area (Å²) in [5.74, 6) is -1.25. The number of carbonyl (C=O) groups is 1. The second-order valence-electron chi connectivity index (χ2n) is 5.66. The van der Waals surface area contributed by atoms with E-state index in [1.807, 2.05) is 0 Å². The van der Waals surface area contributed by atoms with Crippen LogP contribution in [0.5, 0.6) is 5.75 Å². The molecule has 0 fully saturated rings. The molecule has 1 aliphatic rings. The van der Waals surface area contributed by atoms with Crippen molar-refractivity contribution in [3.05, 3.63) is 66.0 Å². The van der Waals surface area contributed by atoms with E-state index >= 15 is 0 Å². The monoisotopic (exact) mass is 377 g/mol. The van der Waals surface area contributed by atoms with Crippen LogP contribution in [0.3, 0.4) is 0 Å². The van der Waals surface area contributed by atoms with Gasteiger partial charge in [-0.1, -0.05) is 24.3 Å². The van der Waals surface area contributed by atoms with E-state index < -0.39 is 28.4 Å². The molecule has 0 radical (unpaired) electrons. The number of sulfonamides is 1. The van der Waals surface area contributed by atoms with Crippen LogP contribution in [0.4, 0.5) is 4.39 Å². The van der Waals surface area contributed by atoms with Crippen LogP contribution in [-0.4, -0.2) is 43.5 Å². The van der Waals surface area contributed by atoms with Gasteiger partial charge in [0.15, 0.2) is 6.61 Å². The molecule has 0 aliphatic carbocycles. The van der Waals surface area contributed by atoms with Crippen molar-refractivity contribution in [3.63, 3.8) is 0 Å². The lowest BCUT2D eigenvalue weighted by Gasteiger charge is -2.17. The van der Waals surface area contributed by atoms with Crippen LogP contribution in [0.2, 0.25) is 0 Å². The Morgan fingerprint density at radius 2 is 1.85 bits per heavy atom. The van der Waals surface area contributed by atoms with Gasteiger partial charge in [-0.3, -0.25) is 0 Å². The third-order valence-corrected chi connectivity index (χ3v) is 5.76. The molecule has 6 nitrogen and oxygen atoms in total. The molecule has 0 aromatic heterocycles. The molecule has 0 bridgehead atoms. The zero-order valence-electron chi connectivity index (χ0n) is 13.6. The molecule has 8 heteroatoms. The minimum atomic E-state index is -3.75. The van der Waals surface area contributed by atoms with Crippen molar-refractivity contribution in [1.29, 1.82) is 0 Å². The van der Waals surface area contributed by atoms with E-state index in [9.17, 15) is 17.6 Å². The van der Waals surface area contributed by atoms with Crippen LogP contribution in [0.25, 0.3) is 5.57 Å². The Morgan fingerprint density at radius 1 is 1.15 bits per heavy atom. The van der Waals surface area contributed by atoms with E-state index in [2.05, 4.69) is 0 Å². The van der Waals surface area contributed by atoms with Crippen LogP contribution in [0, 0.1) is 5.82 Å². The number of carboxylic acids is 1. The molecule has 1 heterocycles. The Kier molecular flexibility index (Phi) is 5.06. The van der Waals surface area contributed by atoms with Gasteiger partial charge >= 0.3 is 5.97 Å². The highest BCUT2D eigenvalue weighted by Gasteiger charge is 2.29. The lowest BCUT2D eigenvalue weighted by Crippen LogP contribution is -2.29. The van der Waals surface area contributed by atoms with E-state index in [0.29, 0.717) is 11.1 Å². The highest BCUT2D eigenvalue weighted by Crippen LogP contribution is 2.28. The molecule has 0 saturated heterocycles. The fourth-order valence-electron chi connectivity index (χ4n) is 2.63. The predicted octanol–water partition coefficient (Wildman–Crippen LogP) is 2.38. The van der Waals surface area contributed by atoms with Crippen LogP contribution in [0.1, 0.15) is 5.56 Å². The molecule has 26 heavy (non-hydrogen) atoms. The highest BCUT2D eigenvalue weighted by molar-refractivity contribution is 7.89. The zero-order valence-corrected chi connectivity index (χ0v) is 14.4. The first kappa shape index (κ1) is 18.1. The van der Waals surface area contributed by atoms with E-state index in [4.69, 9.17) is 9.84 Å². The number of benzene rings is 2. The Labute approximate surface area is 150 Å². The van der Waals surface area contributed by atoms with Crippen LogP contribution in [-0.2, 0) is 14.8 Å². The van der Waals surface area contributed by atoms with Crippen molar-refractivity contribution in [2.75, 3.05) is 19.7 Å². The molecule has 2 aromatic rings. The van der Waals surface area contributed by atoms with Crippen LogP contribution in [0.15, 0.2) is 59.5 Å². The van der Waals surface area contributed by atoms with Gasteiger partial charge in [-0.15, -0.1) is 0 Å². The Balaban J connectivity index is 1.73. The second kappa shape index (κ2) is 7.27. The molecule has 0 amide bonds. The van der Waals surface area contributed by atoms with Crippen molar-refractivity contribution in [2.24, 2.45) is 0 Å². The number of carboxylic acid groups (broad SMARTS) is 1. The number of aliphatic carboxylic acids is 1. The first-order valence-electron chi connectivity index (χ1n) is 7.76. The lowest BCUT2D eigenvalue weighted by molar-refractivity contribution is -0.139. The highest BCUT2D eigenvalue weighted by atomic mass is 32.2. The third kappa shape index (κ3) is 3.76. The first-order valence-corrected chi connectivity index (χ1v) is 9.20. The summed E-state index contributed by atoms with van der Waals surface area (Å²) in [4.78, 5) is 10.5. The van der Waals surface area contributed by atoms with E-state index in [1.54, 1.807) is 24.3 Å². The molecule has 136 valence electrons. The molecule has 3 rings (SSSR count). The van der Waals surface area contributed by atoms with Gasteiger partial charge in [-0.2, -0.15) is 4.31 Å². The molecule has 2 aromatic carbocycles. The summed E-state index contributed by atoms with van der Waals surface area (Å²) >= 11 is 0. The van der Waals surface area contributed by atoms with Crippen molar-refractivity contribution in [3.8, 4) is 5.75 Å². The standard InChI is InChI=1S/C18H16FNO5S/c19-17-4-2-1-3-16(17)13-9-10-20(11-13)26(23,24)15-7-5-14(6-8-15)25-12-18(21)22/h1-9H,10-12H2,(H,21,22). The van der Waals surface area contributed by atoms with Gasteiger partial charge in [0.05, 0.1) is 4.90 Å². The van der Waals surface area contributed by atoms with Gasteiger partial charge in [0.1, 0.15) is 11.6 Å². The smallest absolute Gasteiger partial charge is 0.341 e. The molecular weight excluding hydrogens is 361 g/mol. The first-order chi connectivity index (χ1) is 12.4. The molecule has 0 saturated carbocycles. The van der Waals surface area contributed by atoms with Crippen LogP contribution < -0.4 is 4.74 Å². The quantitative estimate of drug-likeness (QED) is 0.836. The lowest BCUT2D eigenvalue weighted by atomic mass is 10.1. The average Bonchev–Trinajstić information content (AvgIpc) is 3.11. The summed E-state index contributed by atoms with van der Waals surface area (Å²) in [5, 5.41) is 8.58. The van der Waals surface area contributed by atoms with Gasteiger partial charge in [0.25, 0.3) is 0 Å². The maximum absolute atomic E-state index is 13.9. The van der Waals surface area contributed by atoms with Crippen molar-refractivity contribution < 1.29 is 27.4 Å². The largest absolute Gasteiger partial charge is 0.482 e. The Morgan fingerprint density at radius 3 is 2.50 bits per heavy atom. The minimum absolute atomic E-state index is 0.0587. The van der Waals surface area contributed by atoms with Crippen molar-refractivity contribution in [2.45, 2.75) is 4.90 Å². The maximum atomic E-state index is 13.9. The number of halogens is 1. The molecule has 1 aliphatic heterocycles. The third-order valence-electron chi connectivity index (χ3n) is 3.93. The van der Waals surface area contributed by atoms with Crippen molar-refractivity contribution >= 4 is 21.6 Å². The van der Waals surface area contributed by atoms with E-state index in [-0.39, 0.29) is 23.7 Å². The Bertz CT molecular complexity index is 954. The minimum Gasteiger partial charge on any atom is -0.482 e. The normalized spacial score (nSPS) is 14.9. The number of rotatable bonds is 6. The summed E-state index contributed by atoms with van der Waals surface area (Å²) < 4.78 is 45.6. The van der Waals surface area contributed by atoms with Gasteiger partial charge in [-0.25, -0.2) is 17.6 Å². The van der Waals surface area contributed by atoms with E-state index in [1.165, 1.54) is 34.6 Å². The second-order valence-corrected chi connectivity index (χ2v) is 7.60. The van der Waals surface area contributed by atoms with Gasteiger partial charge in [0, 0.05) is 18.7 Å². The fourth-order valence-corrected chi connectivity index (χ4v) is 3.99. The summed E-state index contributed by atoms with van der Waals surface area (Å²) in [7, 11) is -3.75. The molecule has 0 atom stereocenters. The van der Waals surface area contributed by atoms with Gasteiger partial charge < -0.3 is 9.84 Å². The zero-order chi connectivity index (χ0) is 18.7. The summed E-state index contributed by atoms with van der Waals surface area (Å²) in [6.45, 7) is -0.266. The fraction of sp³-hybridized carbons (Fsp3) is 0.167. The number of ether oxygens (including phenoxy) is 1. The van der Waals surface area contributed by atoms with Crippen LogP contribution >= 0.6 is 0 Å².